The fourth-order valence-electron chi connectivity index (χ4n) is 1.49. The summed E-state index contributed by atoms with van der Waals surface area (Å²) in [6, 6.07) is 3.08. The van der Waals surface area contributed by atoms with Crippen molar-refractivity contribution in [2.75, 3.05) is 0 Å². The Morgan fingerprint density at radius 3 is 2.56 bits per heavy atom. The lowest BCUT2D eigenvalue weighted by atomic mass is 10.2. The Hall–Kier alpha value is -1.14. The lowest BCUT2D eigenvalue weighted by molar-refractivity contribution is 0.0935. The molecule has 0 bridgehead atoms. The first-order chi connectivity index (χ1) is 8.21. The molecule has 98 valence electrons. The topological polar surface area (TPSA) is 63.2 Å². The summed E-state index contributed by atoms with van der Waals surface area (Å²) in [6.07, 6.45) is 1.75. The molecule has 1 aromatic rings. The van der Waals surface area contributed by atoms with Gasteiger partial charge in [-0.2, -0.15) is 0 Å². The van der Waals surface area contributed by atoms with E-state index in [9.17, 15) is 17.6 Å². The van der Waals surface area contributed by atoms with Crippen LogP contribution in [0.5, 0.6) is 0 Å². The van der Waals surface area contributed by atoms with Crippen molar-refractivity contribution in [2.24, 2.45) is 0 Å². The van der Waals surface area contributed by atoms with E-state index in [2.05, 4.69) is 5.32 Å². The predicted octanol–water partition coefficient (Wildman–Crippen LogP) is 2.04. The smallest absolute Gasteiger partial charge is 0.264 e. The predicted molar refractivity (Wildman–Crippen MR) is 64.5 cm³/mol. The van der Waals surface area contributed by atoms with Gasteiger partial charge in [0.2, 0.25) is 0 Å². The van der Waals surface area contributed by atoms with Crippen LogP contribution in [0.25, 0.3) is 0 Å². The van der Waals surface area contributed by atoms with Gasteiger partial charge in [0.05, 0.1) is 0 Å². The highest BCUT2D eigenvalue weighted by Crippen LogP contribution is 2.34. The summed E-state index contributed by atoms with van der Waals surface area (Å²) in [5, 5.41) is 2.75. The molecule has 0 unspecified atom stereocenters. The Labute approximate surface area is 109 Å². The zero-order valence-electron chi connectivity index (χ0n) is 9.54. The molecule has 4 nitrogen and oxygen atoms in total. The molecule has 0 saturated heterocycles. The molecule has 0 aromatic heterocycles. The highest BCUT2D eigenvalue weighted by molar-refractivity contribution is 8.13. The summed E-state index contributed by atoms with van der Waals surface area (Å²) >= 11 is 0. The van der Waals surface area contributed by atoms with Gasteiger partial charge in [-0.1, -0.05) is 0 Å². The molecule has 1 aliphatic rings. The van der Waals surface area contributed by atoms with Gasteiger partial charge in [0, 0.05) is 21.8 Å². The van der Waals surface area contributed by atoms with E-state index in [1.165, 1.54) is 6.07 Å². The summed E-state index contributed by atoms with van der Waals surface area (Å²) in [5.74, 6) is -1.41. The average molecular weight is 292 g/mol. The molecular formula is C11H11ClFNO3S. The fourth-order valence-corrected chi connectivity index (χ4v) is 2.41. The molecular weight excluding hydrogens is 281 g/mol. The molecule has 1 aromatic carbocycles. The van der Waals surface area contributed by atoms with Crippen LogP contribution in [0.1, 0.15) is 30.1 Å². The van der Waals surface area contributed by atoms with Gasteiger partial charge in [-0.15, -0.1) is 0 Å². The first-order valence-electron chi connectivity index (χ1n) is 5.28. The van der Waals surface area contributed by atoms with E-state index in [1.807, 2.05) is 6.92 Å². The van der Waals surface area contributed by atoms with Gasteiger partial charge < -0.3 is 5.32 Å². The van der Waals surface area contributed by atoms with Crippen molar-refractivity contribution in [1.29, 1.82) is 0 Å². The average Bonchev–Trinajstić information content (AvgIpc) is 2.94. The molecule has 0 aliphatic heterocycles. The number of carbonyl (C=O) groups is 1. The van der Waals surface area contributed by atoms with Gasteiger partial charge in [-0.3, -0.25) is 4.79 Å². The summed E-state index contributed by atoms with van der Waals surface area (Å²) < 4.78 is 35.5. The van der Waals surface area contributed by atoms with Crippen LogP contribution in [0.3, 0.4) is 0 Å². The van der Waals surface area contributed by atoms with E-state index in [0.29, 0.717) is 0 Å². The standard InChI is InChI=1S/C11H11ClFNO3S/c1-11(4-5-11)14-10(15)7-2-3-8(13)9(6-7)18(12,16)17/h2-3,6H,4-5H2,1H3,(H,14,15). The molecule has 1 amide bonds. The molecule has 0 spiro atoms. The summed E-state index contributed by atoms with van der Waals surface area (Å²) in [5.41, 5.74) is -0.158. The summed E-state index contributed by atoms with van der Waals surface area (Å²) in [7, 11) is 0.886. The number of carbonyl (C=O) groups excluding carboxylic acids is 1. The van der Waals surface area contributed by atoms with Crippen molar-refractivity contribution in [1.82, 2.24) is 5.32 Å². The number of rotatable bonds is 3. The van der Waals surface area contributed by atoms with Crippen molar-refractivity contribution in [3.63, 3.8) is 0 Å². The Morgan fingerprint density at radius 1 is 1.44 bits per heavy atom. The maximum absolute atomic E-state index is 13.3. The maximum atomic E-state index is 13.3. The minimum absolute atomic E-state index is 0.0729. The molecule has 1 saturated carbocycles. The molecule has 0 atom stereocenters. The van der Waals surface area contributed by atoms with E-state index in [0.717, 1.165) is 25.0 Å². The second kappa shape index (κ2) is 4.20. The van der Waals surface area contributed by atoms with Crippen LogP contribution in [0, 0.1) is 5.82 Å². The van der Waals surface area contributed by atoms with E-state index < -0.39 is 25.7 Å². The first kappa shape index (κ1) is 13.3. The van der Waals surface area contributed by atoms with Crippen molar-refractivity contribution < 1.29 is 17.6 Å². The van der Waals surface area contributed by atoms with Crippen molar-refractivity contribution in [2.45, 2.75) is 30.2 Å². The molecule has 0 heterocycles. The fraction of sp³-hybridized carbons (Fsp3) is 0.364. The number of hydrogen-bond acceptors (Lipinski definition) is 3. The van der Waals surface area contributed by atoms with Gasteiger partial charge in [0.15, 0.2) is 0 Å². The third kappa shape index (κ3) is 2.81. The number of halogens is 2. The van der Waals surface area contributed by atoms with Gasteiger partial charge in [0.25, 0.3) is 15.0 Å². The molecule has 7 heteroatoms. The third-order valence-electron chi connectivity index (χ3n) is 2.87. The van der Waals surface area contributed by atoms with Gasteiger partial charge in [-0.05, 0) is 38.0 Å². The minimum atomic E-state index is -4.20. The highest BCUT2D eigenvalue weighted by atomic mass is 35.7. The SMILES string of the molecule is CC1(NC(=O)c2ccc(F)c(S(=O)(=O)Cl)c2)CC1. The Morgan fingerprint density at radius 2 is 2.06 bits per heavy atom. The summed E-state index contributed by atoms with van der Waals surface area (Å²) in [4.78, 5) is 11.1. The Bertz CT molecular complexity index is 611. The Balaban J connectivity index is 2.32. The van der Waals surface area contributed by atoms with Gasteiger partial charge in [0.1, 0.15) is 10.7 Å². The number of nitrogens with one attached hydrogen (secondary N) is 1. The molecule has 1 aliphatic carbocycles. The molecule has 18 heavy (non-hydrogen) atoms. The number of amides is 1. The van der Waals surface area contributed by atoms with Crippen LogP contribution in [0.2, 0.25) is 0 Å². The van der Waals surface area contributed by atoms with E-state index >= 15 is 0 Å². The largest absolute Gasteiger partial charge is 0.347 e. The molecule has 1 N–H and O–H groups in total. The molecule has 0 radical (unpaired) electrons. The monoisotopic (exact) mass is 291 g/mol. The quantitative estimate of drug-likeness (QED) is 0.867. The Kier molecular flexibility index (Phi) is 3.11. The molecule has 2 rings (SSSR count). The van der Waals surface area contributed by atoms with Crippen LogP contribution in [-0.2, 0) is 9.05 Å². The molecule has 1 fully saturated rings. The highest BCUT2D eigenvalue weighted by Gasteiger charge is 2.38. The summed E-state index contributed by atoms with van der Waals surface area (Å²) in [6.45, 7) is 1.88. The van der Waals surface area contributed by atoms with E-state index in [4.69, 9.17) is 10.7 Å². The van der Waals surface area contributed by atoms with Crippen molar-refractivity contribution in [3.05, 3.63) is 29.6 Å². The number of hydrogen-bond donors (Lipinski definition) is 1. The van der Waals surface area contributed by atoms with Crippen molar-refractivity contribution in [3.8, 4) is 0 Å². The normalized spacial score (nSPS) is 17.3. The van der Waals surface area contributed by atoms with Crippen LogP contribution in [0.4, 0.5) is 4.39 Å². The second-order valence-electron chi connectivity index (χ2n) is 4.60. The lowest BCUT2D eigenvalue weighted by Gasteiger charge is -2.11. The first-order valence-corrected chi connectivity index (χ1v) is 7.59. The lowest BCUT2D eigenvalue weighted by Crippen LogP contribution is -2.34. The van der Waals surface area contributed by atoms with Gasteiger partial charge >= 0.3 is 0 Å². The maximum Gasteiger partial charge on any atom is 0.264 e. The third-order valence-corrected chi connectivity index (χ3v) is 4.21. The van der Waals surface area contributed by atoms with E-state index in [1.54, 1.807) is 0 Å². The van der Waals surface area contributed by atoms with Crippen LogP contribution < -0.4 is 5.32 Å². The second-order valence-corrected chi connectivity index (χ2v) is 7.13. The van der Waals surface area contributed by atoms with Crippen molar-refractivity contribution >= 4 is 25.6 Å². The minimum Gasteiger partial charge on any atom is -0.347 e. The van der Waals surface area contributed by atoms with Crippen LogP contribution in [-0.4, -0.2) is 19.9 Å². The van der Waals surface area contributed by atoms with Crippen LogP contribution in [0.15, 0.2) is 23.1 Å². The van der Waals surface area contributed by atoms with Gasteiger partial charge in [-0.25, -0.2) is 12.8 Å². The zero-order valence-corrected chi connectivity index (χ0v) is 11.1. The van der Waals surface area contributed by atoms with Crippen LogP contribution >= 0.6 is 10.7 Å². The number of benzene rings is 1. The zero-order chi connectivity index (χ0) is 13.6. The van der Waals surface area contributed by atoms with E-state index in [-0.39, 0.29) is 11.1 Å².